The molecule has 0 aliphatic carbocycles. The van der Waals surface area contributed by atoms with Crippen molar-refractivity contribution >= 4 is 5.97 Å². The highest BCUT2D eigenvalue weighted by molar-refractivity contribution is 5.76. The van der Waals surface area contributed by atoms with E-state index in [2.05, 4.69) is 9.97 Å². The average molecular weight is 186 g/mol. The van der Waals surface area contributed by atoms with Gasteiger partial charge in [0.15, 0.2) is 0 Å². The number of hydrazine groups is 1. The summed E-state index contributed by atoms with van der Waals surface area (Å²) in [6.45, 7) is 0. The Bertz CT molecular complexity index is 286. The number of aliphatic carboxylic acids is 1. The summed E-state index contributed by atoms with van der Waals surface area (Å²) >= 11 is 0. The van der Waals surface area contributed by atoms with Crippen molar-refractivity contribution in [3.63, 3.8) is 0 Å². The van der Waals surface area contributed by atoms with Crippen LogP contribution in [-0.4, -0.2) is 31.9 Å². The molecule has 13 heavy (non-hydrogen) atoms. The molecule has 7 nitrogen and oxygen atoms in total. The summed E-state index contributed by atoms with van der Waals surface area (Å²) in [4.78, 5) is 16.9. The zero-order chi connectivity index (χ0) is 9.90. The number of nitrogens with two attached hydrogens (primary N) is 1. The first-order valence-electron chi connectivity index (χ1n) is 3.49. The molecular formula is C6H10N4O3. The first kappa shape index (κ1) is 9.65. The Labute approximate surface area is 73.6 Å². The highest BCUT2D eigenvalue weighted by Crippen LogP contribution is 2.07. The van der Waals surface area contributed by atoms with Crippen LogP contribution in [0.2, 0.25) is 0 Å². The number of aromatic amines is 1. The normalized spacial score (nSPS) is 15.2. The van der Waals surface area contributed by atoms with Gasteiger partial charge in [-0.3, -0.25) is 5.84 Å². The minimum absolute atomic E-state index is 0.182. The number of aliphatic hydroxyl groups is 1. The molecule has 1 heterocycles. The fourth-order valence-electron chi connectivity index (χ4n) is 0.845. The molecule has 0 fully saturated rings. The van der Waals surface area contributed by atoms with Crippen molar-refractivity contribution in [2.75, 3.05) is 0 Å². The van der Waals surface area contributed by atoms with E-state index in [4.69, 9.17) is 10.9 Å². The van der Waals surface area contributed by atoms with Crippen LogP contribution in [0, 0.1) is 0 Å². The van der Waals surface area contributed by atoms with Gasteiger partial charge >= 0.3 is 5.97 Å². The molecule has 0 aliphatic rings. The number of carbonyl (C=O) groups is 1. The Morgan fingerprint density at radius 1 is 1.85 bits per heavy atom. The summed E-state index contributed by atoms with van der Waals surface area (Å²) in [5, 5.41) is 18.0. The van der Waals surface area contributed by atoms with Crippen molar-refractivity contribution in [1.82, 2.24) is 15.4 Å². The van der Waals surface area contributed by atoms with Gasteiger partial charge in [0, 0.05) is 18.3 Å². The smallest absolute Gasteiger partial charge is 0.352 e. The standard InChI is InChI=1S/C6H10N4O3/c7-10-6(13,5(11)12)1-4-2-8-3-9-4/h2-3,10,13H,1,7H2,(H,8,9)(H,11,12)/t6-/m1/s1. The molecule has 1 atom stereocenters. The first-order chi connectivity index (χ1) is 6.08. The van der Waals surface area contributed by atoms with Gasteiger partial charge in [-0.15, -0.1) is 0 Å². The molecule has 0 saturated heterocycles. The summed E-state index contributed by atoms with van der Waals surface area (Å²) in [6.07, 6.45) is 2.61. The van der Waals surface area contributed by atoms with Gasteiger partial charge in [0.2, 0.25) is 5.72 Å². The lowest BCUT2D eigenvalue weighted by molar-refractivity contribution is -0.162. The maximum Gasteiger partial charge on any atom is 0.352 e. The van der Waals surface area contributed by atoms with Crippen molar-refractivity contribution in [2.45, 2.75) is 12.1 Å². The highest BCUT2D eigenvalue weighted by atomic mass is 16.4. The zero-order valence-electron chi connectivity index (χ0n) is 6.69. The van der Waals surface area contributed by atoms with Crippen LogP contribution in [0.4, 0.5) is 0 Å². The van der Waals surface area contributed by atoms with Crippen LogP contribution in [-0.2, 0) is 11.2 Å². The summed E-state index contributed by atoms with van der Waals surface area (Å²) in [7, 11) is 0. The van der Waals surface area contributed by atoms with Gasteiger partial charge in [-0.2, -0.15) is 0 Å². The van der Waals surface area contributed by atoms with Crippen molar-refractivity contribution in [1.29, 1.82) is 0 Å². The zero-order valence-corrected chi connectivity index (χ0v) is 6.69. The lowest BCUT2D eigenvalue weighted by Crippen LogP contribution is -2.57. The largest absolute Gasteiger partial charge is 0.478 e. The van der Waals surface area contributed by atoms with E-state index in [0.29, 0.717) is 5.69 Å². The van der Waals surface area contributed by atoms with Gasteiger partial charge in [-0.05, 0) is 0 Å². The number of imidazole rings is 1. The highest BCUT2D eigenvalue weighted by Gasteiger charge is 2.35. The van der Waals surface area contributed by atoms with Crippen molar-refractivity contribution in [2.24, 2.45) is 5.84 Å². The van der Waals surface area contributed by atoms with E-state index < -0.39 is 11.7 Å². The maximum atomic E-state index is 10.6. The van der Waals surface area contributed by atoms with Gasteiger partial charge in [-0.25, -0.2) is 15.2 Å². The van der Waals surface area contributed by atoms with Crippen molar-refractivity contribution in [3.05, 3.63) is 18.2 Å². The number of rotatable bonds is 4. The third-order valence-corrected chi connectivity index (χ3v) is 1.59. The molecule has 1 rings (SSSR count). The van der Waals surface area contributed by atoms with E-state index in [1.165, 1.54) is 12.5 Å². The number of aromatic nitrogens is 2. The molecule has 6 N–H and O–H groups in total. The number of nitrogens with one attached hydrogen (secondary N) is 2. The SMILES string of the molecule is NN[C@@](O)(Cc1cnc[nH]1)C(=O)O. The Hall–Kier alpha value is -1.44. The molecule has 0 bridgehead atoms. The molecule has 0 aromatic carbocycles. The molecule has 0 saturated carbocycles. The Morgan fingerprint density at radius 3 is 2.92 bits per heavy atom. The molecule has 7 heteroatoms. The Morgan fingerprint density at radius 2 is 2.54 bits per heavy atom. The van der Waals surface area contributed by atoms with E-state index in [-0.39, 0.29) is 6.42 Å². The van der Waals surface area contributed by atoms with Gasteiger partial charge in [-0.1, -0.05) is 0 Å². The lowest BCUT2D eigenvalue weighted by atomic mass is 10.1. The van der Waals surface area contributed by atoms with Crippen LogP contribution in [0.15, 0.2) is 12.5 Å². The number of H-pyrrole nitrogens is 1. The molecule has 1 aromatic heterocycles. The van der Waals surface area contributed by atoms with Crippen LogP contribution >= 0.6 is 0 Å². The molecule has 1 aromatic rings. The summed E-state index contributed by atoms with van der Waals surface area (Å²) in [6, 6.07) is 0. The quantitative estimate of drug-likeness (QED) is 0.214. The second kappa shape index (κ2) is 3.52. The van der Waals surface area contributed by atoms with E-state index in [9.17, 15) is 9.90 Å². The molecule has 72 valence electrons. The van der Waals surface area contributed by atoms with E-state index in [1.807, 2.05) is 5.43 Å². The topological polar surface area (TPSA) is 124 Å². The number of hydrogen-bond acceptors (Lipinski definition) is 5. The minimum Gasteiger partial charge on any atom is -0.478 e. The molecular weight excluding hydrogens is 176 g/mol. The Kier molecular flexibility index (Phi) is 2.61. The monoisotopic (exact) mass is 186 g/mol. The van der Waals surface area contributed by atoms with E-state index in [1.54, 1.807) is 0 Å². The first-order valence-corrected chi connectivity index (χ1v) is 3.49. The van der Waals surface area contributed by atoms with E-state index >= 15 is 0 Å². The second-order valence-corrected chi connectivity index (χ2v) is 2.56. The van der Waals surface area contributed by atoms with Crippen LogP contribution in [0.25, 0.3) is 0 Å². The predicted molar refractivity (Wildman–Crippen MR) is 42.2 cm³/mol. The minimum atomic E-state index is -2.16. The predicted octanol–water partition coefficient (Wildman–Crippen LogP) is -1.81. The van der Waals surface area contributed by atoms with Crippen molar-refractivity contribution in [3.8, 4) is 0 Å². The van der Waals surface area contributed by atoms with Crippen molar-refractivity contribution < 1.29 is 15.0 Å². The summed E-state index contributed by atoms with van der Waals surface area (Å²) in [5.41, 5.74) is 0.139. The number of nitrogens with zero attached hydrogens (tertiary/aromatic N) is 1. The van der Waals surface area contributed by atoms with E-state index in [0.717, 1.165) is 0 Å². The fraction of sp³-hybridized carbons (Fsp3) is 0.333. The second-order valence-electron chi connectivity index (χ2n) is 2.56. The lowest BCUT2D eigenvalue weighted by Gasteiger charge is -2.20. The molecule has 0 radical (unpaired) electrons. The van der Waals surface area contributed by atoms with Gasteiger partial charge < -0.3 is 15.2 Å². The Balaban J connectivity index is 2.75. The van der Waals surface area contributed by atoms with Crippen LogP contribution in [0.3, 0.4) is 0 Å². The third kappa shape index (κ3) is 2.02. The van der Waals surface area contributed by atoms with Gasteiger partial charge in [0.1, 0.15) is 0 Å². The van der Waals surface area contributed by atoms with Gasteiger partial charge in [0.05, 0.1) is 6.33 Å². The summed E-state index contributed by atoms with van der Waals surface area (Å²) in [5.74, 6) is 3.47. The number of carboxylic acid groups (broad SMARTS) is 1. The number of hydrogen-bond donors (Lipinski definition) is 5. The maximum absolute atomic E-state index is 10.6. The third-order valence-electron chi connectivity index (χ3n) is 1.59. The van der Waals surface area contributed by atoms with Crippen LogP contribution in [0.5, 0.6) is 0 Å². The molecule has 0 spiro atoms. The molecule has 0 amide bonds. The molecule has 0 aliphatic heterocycles. The van der Waals surface area contributed by atoms with Gasteiger partial charge in [0.25, 0.3) is 0 Å². The summed E-state index contributed by atoms with van der Waals surface area (Å²) < 4.78 is 0. The average Bonchev–Trinajstić information content (AvgIpc) is 2.56. The molecule has 0 unspecified atom stereocenters. The van der Waals surface area contributed by atoms with Crippen LogP contribution in [0.1, 0.15) is 5.69 Å². The van der Waals surface area contributed by atoms with Crippen LogP contribution < -0.4 is 11.3 Å². The fourth-order valence-corrected chi connectivity index (χ4v) is 0.845. The number of carboxylic acids is 1.